The van der Waals surface area contributed by atoms with Crippen LogP contribution in [0.3, 0.4) is 0 Å². The van der Waals surface area contributed by atoms with Crippen LogP contribution in [-0.4, -0.2) is 67.6 Å². The van der Waals surface area contributed by atoms with Crippen LogP contribution < -0.4 is 15.3 Å². The van der Waals surface area contributed by atoms with Crippen molar-refractivity contribution in [3.63, 3.8) is 0 Å². The average molecular weight is 636 g/mol. The number of ether oxygens (including phenoxy) is 1. The lowest BCUT2D eigenvalue weighted by atomic mass is 10.1. The van der Waals surface area contributed by atoms with Gasteiger partial charge in [-0.1, -0.05) is 18.7 Å². The molecule has 46 heavy (non-hydrogen) atoms. The number of halogens is 4. The van der Waals surface area contributed by atoms with Crippen molar-refractivity contribution >= 4 is 22.8 Å². The summed E-state index contributed by atoms with van der Waals surface area (Å²) in [5.41, 5.74) is -0.262. The molecule has 3 fully saturated rings. The zero-order valence-corrected chi connectivity index (χ0v) is 24.8. The lowest BCUT2D eigenvalue weighted by Gasteiger charge is -2.40. The summed E-state index contributed by atoms with van der Waals surface area (Å²) < 4.78 is 63.3. The normalized spacial score (nSPS) is 18.3. The summed E-state index contributed by atoms with van der Waals surface area (Å²) in [6, 6.07) is 5.96. The van der Waals surface area contributed by atoms with Gasteiger partial charge in [-0.2, -0.15) is 23.7 Å². The third kappa shape index (κ3) is 5.35. The van der Waals surface area contributed by atoms with Crippen molar-refractivity contribution in [1.82, 2.24) is 29.4 Å². The Balaban J connectivity index is 1.50. The maximum atomic E-state index is 15.9. The van der Waals surface area contributed by atoms with Crippen molar-refractivity contribution in [3.8, 4) is 23.0 Å². The molecule has 1 atom stereocenters. The van der Waals surface area contributed by atoms with Gasteiger partial charge in [0.05, 0.1) is 22.5 Å². The Morgan fingerprint density at radius 2 is 1.67 bits per heavy atom. The van der Waals surface area contributed by atoms with E-state index in [2.05, 4.69) is 31.3 Å². The summed E-state index contributed by atoms with van der Waals surface area (Å²) in [4.78, 5) is 47.6. The molecule has 1 aliphatic heterocycles. The van der Waals surface area contributed by atoms with Gasteiger partial charge >= 0.3 is 18.3 Å². The third-order valence-electron chi connectivity index (χ3n) is 8.58. The molecule has 7 rings (SSSR count). The number of nitrogens with zero attached hydrogens (tertiary/aromatic N) is 7. The second kappa shape index (κ2) is 11.5. The second-order valence-electron chi connectivity index (χ2n) is 11.8. The number of pyridine rings is 1. The molecule has 3 aromatic heterocycles. The number of hydrogen-bond acceptors (Lipinski definition) is 8. The first-order valence-corrected chi connectivity index (χ1v) is 15.1. The Morgan fingerprint density at radius 1 is 1.00 bits per heavy atom. The fraction of sp³-hybridized carbons (Fsp3) is 0.375. The van der Waals surface area contributed by atoms with E-state index < -0.39 is 29.9 Å². The van der Waals surface area contributed by atoms with Gasteiger partial charge in [-0.05, 0) is 56.9 Å². The zero-order chi connectivity index (χ0) is 32.3. The molecule has 14 heteroatoms. The van der Waals surface area contributed by atoms with E-state index in [-0.39, 0.29) is 64.1 Å². The van der Waals surface area contributed by atoms with Gasteiger partial charge in [-0.25, -0.2) is 23.1 Å². The highest BCUT2D eigenvalue weighted by molar-refractivity contribution is 5.91. The van der Waals surface area contributed by atoms with Gasteiger partial charge in [-0.15, -0.1) is 0 Å². The minimum Gasteiger partial charge on any atom is -0.401 e. The number of carbonyl (C=O) groups excluding carboxylic acids is 1. The summed E-state index contributed by atoms with van der Waals surface area (Å²) >= 11 is 0. The predicted molar refractivity (Wildman–Crippen MR) is 160 cm³/mol. The molecule has 2 saturated carbocycles. The van der Waals surface area contributed by atoms with Crippen molar-refractivity contribution in [2.24, 2.45) is 0 Å². The van der Waals surface area contributed by atoms with Crippen LogP contribution in [0.15, 0.2) is 47.8 Å². The molecule has 1 amide bonds. The van der Waals surface area contributed by atoms with Crippen LogP contribution in [0, 0.1) is 11.6 Å². The van der Waals surface area contributed by atoms with Gasteiger partial charge in [-0.3, -0.25) is 4.79 Å². The molecule has 0 spiro atoms. The molecule has 4 aromatic rings. The first-order chi connectivity index (χ1) is 22.1. The fourth-order valence-electron chi connectivity index (χ4n) is 6.08. The molecule has 2 aliphatic carbocycles. The summed E-state index contributed by atoms with van der Waals surface area (Å²) in [5, 5.41) is 0.170. The van der Waals surface area contributed by atoms with Gasteiger partial charge in [0, 0.05) is 43.1 Å². The van der Waals surface area contributed by atoms with Crippen molar-refractivity contribution in [3.05, 3.63) is 76.5 Å². The molecule has 0 N–H and O–H groups in total. The molecule has 0 radical (unpaired) electrons. The van der Waals surface area contributed by atoms with Crippen molar-refractivity contribution in [2.45, 2.75) is 57.1 Å². The quantitative estimate of drug-likeness (QED) is 0.195. The van der Waals surface area contributed by atoms with E-state index >= 15 is 4.39 Å². The molecule has 1 aromatic carbocycles. The van der Waals surface area contributed by atoms with Crippen LogP contribution in [-0.2, 0) is 4.79 Å². The van der Waals surface area contributed by atoms with E-state index in [4.69, 9.17) is 0 Å². The van der Waals surface area contributed by atoms with Crippen LogP contribution in [0.5, 0.6) is 6.01 Å². The minimum atomic E-state index is -3.15. The Morgan fingerprint density at radius 3 is 2.26 bits per heavy atom. The van der Waals surface area contributed by atoms with E-state index in [9.17, 15) is 22.8 Å². The summed E-state index contributed by atoms with van der Waals surface area (Å²) in [6.45, 7) is 3.15. The second-order valence-corrected chi connectivity index (χ2v) is 11.8. The first kappa shape index (κ1) is 29.8. The lowest BCUT2D eigenvalue weighted by molar-refractivity contribution is -0.126. The van der Waals surface area contributed by atoms with E-state index in [1.54, 1.807) is 11.0 Å². The van der Waals surface area contributed by atoms with Gasteiger partial charge in [0.25, 0.3) is 0 Å². The number of carbonyl (C=O) groups is 1. The molecular weight excluding hydrogens is 606 g/mol. The molecule has 1 saturated heterocycles. The highest BCUT2D eigenvalue weighted by atomic mass is 19.3. The molecule has 0 bridgehead atoms. The number of alkyl halides is 2. The Hall–Kier alpha value is -4.88. The van der Waals surface area contributed by atoms with E-state index in [0.717, 1.165) is 0 Å². The average Bonchev–Trinajstić information content (AvgIpc) is 3.95. The number of aromatic nitrogens is 5. The summed E-state index contributed by atoms with van der Waals surface area (Å²) in [6.07, 6.45) is 4.04. The molecule has 238 valence electrons. The van der Waals surface area contributed by atoms with Gasteiger partial charge < -0.3 is 14.5 Å². The van der Waals surface area contributed by atoms with Gasteiger partial charge in [0.2, 0.25) is 5.91 Å². The smallest absolute Gasteiger partial charge is 0.389 e. The number of piperazine rings is 1. The standard InChI is InChI=1S/C32H29F4N7O3/c1-3-23(44)41-12-13-42(16(2)15-41)28-20-14-22(34)26(19-6-4-5-7-21(19)33)37-29(20)43(32(45)40-28)27-24(17-8-9-17)38-31(46-30(35)36)39-25(27)18-10-11-18/h3-7,14,16-18,30H,1,8-13,15H2,2H3/t16-/m0/s1. The van der Waals surface area contributed by atoms with Gasteiger partial charge in [0.1, 0.15) is 23.1 Å². The summed E-state index contributed by atoms with van der Waals surface area (Å²) in [5.74, 6) is -1.93. The maximum Gasteiger partial charge on any atom is 0.389 e. The lowest BCUT2D eigenvalue weighted by Crippen LogP contribution is -2.54. The zero-order valence-electron chi connectivity index (χ0n) is 24.8. The number of anilines is 1. The Bertz CT molecular complexity index is 1910. The predicted octanol–water partition coefficient (Wildman–Crippen LogP) is 5.10. The van der Waals surface area contributed by atoms with Crippen molar-refractivity contribution in [1.29, 1.82) is 0 Å². The fourth-order valence-corrected chi connectivity index (χ4v) is 6.08. The van der Waals surface area contributed by atoms with Crippen LogP contribution >= 0.6 is 0 Å². The SMILES string of the molecule is C=CC(=O)N1CCN(c2nc(=O)n(-c3c(C4CC4)nc(OC(F)F)nc3C3CC3)c3nc(-c4ccccc4F)c(F)cc23)[C@@H](C)C1. The Labute approximate surface area is 260 Å². The molecule has 3 aliphatic rings. The van der Waals surface area contributed by atoms with Gasteiger partial charge in [0.15, 0.2) is 5.65 Å². The molecule has 0 unspecified atom stereocenters. The largest absolute Gasteiger partial charge is 0.401 e. The number of hydrogen-bond donors (Lipinski definition) is 0. The number of amides is 1. The highest BCUT2D eigenvalue weighted by Crippen LogP contribution is 2.48. The van der Waals surface area contributed by atoms with Crippen molar-refractivity contribution in [2.75, 3.05) is 24.5 Å². The number of benzene rings is 1. The topological polar surface area (TPSA) is 106 Å². The van der Waals surface area contributed by atoms with Crippen LogP contribution in [0.4, 0.5) is 23.4 Å². The maximum absolute atomic E-state index is 15.9. The number of rotatable bonds is 8. The van der Waals surface area contributed by atoms with E-state index in [1.807, 2.05) is 11.8 Å². The van der Waals surface area contributed by atoms with E-state index in [0.29, 0.717) is 50.2 Å². The first-order valence-electron chi connectivity index (χ1n) is 15.1. The third-order valence-corrected chi connectivity index (χ3v) is 8.58. The van der Waals surface area contributed by atoms with Crippen LogP contribution in [0.1, 0.15) is 55.8 Å². The minimum absolute atomic E-state index is 0.0126. The Kier molecular flexibility index (Phi) is 7.44. The monoisotopic (exact) mass is 635 g/mol. The van der Waals surface area contributed by atoms with E-state index in [1.165, 1.54) is 34.9 Å². The number of fused-ring (bicyclic) bond motifs is 1. The molecule has 10 nitrogen and oxygen atoms in total. The molecule has 4 heterocycles. The van der Waals surface area contributed by atoms with Crippen molar-refractivity contribution < 1.29 is 27.1 Å². The summed E-state index contributed by atoms with van der Waals surface area (Å²) in [7, 11) is 0. The molecular formula is C32H29F4N7O3. The van der Waals surface area contributed by atoms with Crippen LogP contribution in [0.25, 0.3) is 28.0 Å². The highest BCUT2D eigenvalue weighted by Gasteiger charge is 2.38. The van der Waals surface area contributed by atoms with Crippen LogP contribution in [0.2, 0.25) is 0 Å².